The minimum atomic E-state index is -4.43. The van der Waals surface area contributed by atoms with E-state index in [0.717, 1.165) is 12.1 Å². The van der Waals surface area contributed by atoms with E-state index in [1.54, 1.807) is 29.2 Å². The van der Waals surface area contributed by atoms with Crippen LogP contribution in [0.4, 0.5) is 23.7 Å². The highest BCUT2D eigenvalue weighted by molar-refractivity contribution is 7.82. The van der Waals surface area contributed by atoms with Crippen LogP contribution in [0.15, 0.2) is 53.4 Å². The first kappa shape index (κ1) is 22.8. The molecule has 0 radical (unpaired) electrons. The highest BCUT2D eigenvalue weighted by atomic mass is 32.2. The average Bonchev–Trinajstić information content (AvgIpc) is 2.73. The van der Waals surface area contributed by atoms with Gasteiger partial charge in [-0.2, -0.15) is 13.2 Å². The maximum atomic E-state index is 12.6. The highest BCUT2D eigenvalue weighted by Gasteiger charge is 2.30. The van der Waals surface area contributed by atoms with Gasteiger partial charge < -0.3 is 15.5 Å². The standard InChI is InChI=1S/C20H21F3N4O3S/c21-20(22,23)14-3-5-15(6-4-14)25-19(29)26-16-9-11-27(12-10-16)18(28)13-1-7-17(8-2-13)31(24)30/h1-8,16H,9-12,24H2,(H2,25,26,29). The van der Waals surface area contributed by atoms with E-state index < -0.39 is 28.8 Å². The fraction of sp³-hybridized carbons (Fsp3) is 0.300. The van der Waals surface area contributed by atoms with Gasteiger partial charge in [0.1, 0.15) is 11.0 Å². The summed E-state index contributed by atoms with van der Waals surface area (Å²) in [6.07, 6.45) is -3.36. The lowest BCUT2D eigenvalue weighted by atomic mass is 10.0. The van der Waals surface area contributed by atoms with Crippen molar-refractivity contribution in [3.8, 4) is 0 Å². The van der Waals surface area contributed by atoms with Gasteiger partial charge in [0, 0.05) is 30.4 Å². The van der Waals surface area contributed by atoms with E-state index in [0.29, 0.717) is 36.4 Å². The van der Waals surface area contributed by atoms with Gasteiger partial charge in [-0.15, -0.1) is 0 Å². The van der Waals surface area contributed by atoms with E-state index in [1.807, 2.05) is 0 Å². The smallest absolute Gasteiger partial charge is 0.338 e. The van der Waals surface area contributed by atoms with E-state index in [4.69, 9.17) is 5.14 Å². The van der Waals surface area contributed by atoms with Crippen LogP contribution in [-0.4, -0.2) is 40.2 Å². The largest absolute Gasteiger partial charge is 0.416 e. The molecule has 1 atom stereocenters. The molecule has 1 heterocycles. The lowest BCUT2D eigenvalue weighted by Gasteiger charge is -2.32. The zero-order valence-corrected chi connectivity index (χ0v) is 17.1. The van der Waals surface area contributed by atoms with E-state index >= 15 is 0 Å². The van der Waals surface area contributed by atoms with Crippen LogP contribution in [0.25, 0.3) is 0 Å². The fourth-order valence-corrected chi connectivity index (χ4v) is 3.64. The summed E-state index contributed by atoms with van der Waals surface area (Å²) in [5, 5.41) is 10.6. The number of rotatable bonds is 4. The van der Waals surface area contributed by atoms with Crippen molar-refractivity contribution in [3.63, 3.8) is 0 Å². The van der Waals surface area contributed by atoms with Crippen LogP contribution in [0.3, 0.4) is 0 Å². The van der Waals surface area contributed by atoms with Crippen LogP contribution in [0.5, 0.6) is 0 Å². The Bertz CT molecular complexity index is 957. The van der Waals surface area contributed by atoms with Crippen molar-refractivity contribution in [2.75, 3.05) is 18.4 Å². The van der Waals surface area contributed by atoms with E-state index in [1.165, 1.54) is 12.1 Å². The summed E-state index contributed by atoms with van der Waals surface area (Å²) < 4.78 is 49.0. The number of carbonyl (C=O) groups excluding carboxylic acids is 2. The van der Waals surface area contributed by atoms with E-state index in [2.05, 4.69) is 10.6 Å². The predicted octanol–water partition coefficient (Wildman–Crippen LogP) is 3.11. The van der Waals surface area contributed by atoms with Gasteiger partial charge in [0.05, 0.1) is 10.5 Å². The third-order valence-electron chi connectivity index (χ3n) is 4.92. The average molecular weight is 454 g/mol. The number of nitrogens with one attached hydrogen (secondary N) is 2. The number of alkyl halides is 3. The van der Waals surface area contributed by atoms with Gasteiger partial charge in [-0.3, -0.25) is 4.79 Å². The second-order valence-electron chi connectivity index (χ2n) is 7.06. The van der Waals surface area contributed by atoms with Crippen LogP contribution in [-0.2, 0) is 17.2 Å². The zero-order chi connectivity index (χ0) is 22.6. The fourth-order valence-electron chi connectivity index (χ4n) is 3.24. The number of likely N-dealkylation sites (tertiary alicyclic amines) is 1. The molecule has 3 rings (SSSR count). The quantitative estimate of drug-likeness (QED) is 0.661. The molecule has 2 aromatic rings. The topological polar surface area (TPSA) is 105 Å². The number of piperidine rings is 1. The number of halogens is 3. The number of hydrogen-bond acceptors (Lipinski definition) is 3. The van der Waals surface area contributed by atoms with Gasteiger partial charge in [0.2, 0.25) is 0 Å². The molecule has 1 fully saturated rings. The first-order valence-electron chi connectivity index (χ1n) is 9.44. The van der Waals surface area contributed by atoms with Crippen molar-refractivity contribution in [3.05, 3.63) is 59.7 Å². The molecule has 1 aliphatic heterocycles. The predicted molar refractivity (Wildman–Crippen MR) is 110 cm³/mol. The van der Waals surface area contributed by atoms with Gasteiger partial charge in [0.25, 0.3) is 5.91 Å². The summed E-state index contributed by atoms with van der Waals surface area (Å²) >= 11 is 0. The molecular weight excluding hydrogens is 433 g/mol. The molecule has 1 aliphatic rings. The molecule has 0 bridgehead atoms. The van der Waals surface area contributed by atoms with Crippen LogP contribution in [0.1, 0.15) is 28.8 Å². The molecule has 3 amide bonds. The van der Waals surface area contributed by atoms with Gasteiger partial charge in [-0.05, 0) is 61.4 Å². The number of anilines is 1. The van der Waals surface area contributed by atoms with E-state index in [-0.39, 0.29) is 17.6 Å². The molecule has 11 heteroatoms. The maximum Gasteiger partial charge on any atom is 0.416 e. The molecule has 0 spiro atoms. The van der Waals surface area contributed by atoms with Crippen molar-refractivity contribution in [1.82, 2.24) is 10.2 Å². The summed E-state index contributed by atoms with van der Waals surface area (Å²) in [5.74, 6) is -0.165. The Hall–Kier alpha value is -2.92. The van der Waals surface area contributed by atoms with Crippen LogP contribution in [0, 0.1) is 0 Å². The third kappa shape index (κ3) is 6.05. The van der Waals surface area contributed by atoms with Gasteiger partial charge in [-0.25, -0.2) is 14.1 Å². The minimum absolute atomic E-state index is 0.165. The first-order chi connectivity index (χ1) is 14.6. The molecule has 0 aliphatic carbocycles. The molecule has 1 unspecified atom stereocenters. The number of carbonyl (C=O) groups is 2. The van der Waals surface area contributed by atoms with Crippen molar-refractivity contribution < 1.29 is 27.0 Å². The number of nitrogens with zero attached hydrogens (tertiary/aromatic N) is 1. The third-order valence-corrected chi connectivity index (χ3v) is 5.66. The molecule has 7 nitrogen and oxygen atoms in total. The van der Waals surface area contributed by atoms with Crippen LogP contribution >= 0.6 is 0 Å². The minimum Gasteiger partial charge on any atom is -0.338 e. The second-order valence-corrected chi connectivity index (χ2v) is 8.13. The molecule has 2 aromatic carbocycles. The van der Waals surface area contributed by atoms with E-state index in [9.17, 15) is 27.0 Å². The Morgan fingerprint density at radius 3 is 2.10 bits per heavy atom. The summed E-state index contributed by atoms with van der Waals surface area (Å²) in [6, 6.07) is 9.73. The number of nitrogens with two attached hydrogens (primary N) is 1. The number of amides is 3. The number of benzene rings is 2. The Balaban J connectivity index is 1.47. The van der Waals surface area contributed by atoms with Crippen LogP contribution < -0.4 is 15.8 Å². The van der Waals surface area contributed by atoms with Crippen molar-refractivity contribution in [2.24, 2.45) is 5.14 Å². The Morgan fingerprint density at radius 1 is 1.00 bits per heavy atom. The molecule has 0 saturated carbocycles. The highest BCUT2D eigenvalue weighted by Crippen LogP contribution is 2.29. The molecular formula is C20H21F3N4O3S. The van der Waals surface area contributed by atoms with Crippen molar-refractivity contribution >= 4 is 28.6 Å². The maximum absolute atomic E-state index is 12.6. The summed E-state index contributed by atoms with van der Waals surface area (Å²) in [7, 11) is -1.61. The van der Waals surface area contributed by atoms with Gasteiger partial charge in [0.15, 0.2) is 0 Å². The second kappa shape index (κ2) is 9.48. The van der Waals surface area contributed by atoms with Gasteiger partial charge >= 0.3 is 12.2 Å². The molecule has 4 N–H and O–H groups in total. The number of urea groups is 1. The SMILES string of the molecule is NS(=O)c1ccc(C(=O)N2CCC(NC(=O)Nc3ccc(C(F)(F)F)cc3)CC2)cc1. The molecule has 166 valence electrons. The zero-order valence-electron chi connectivity index (χ0n) is 16.3. The molecule has 31 heavy (non-hydrogen) atoms. The molecule has 0 aromatic heterocycles. The Labute approximate surface area is 179 Å². The summed E-state index contributed by atoms with van der Waals surface area (Å²) in [6.45, 7) is 0.878. The lowest BCUT2D eigenvalue weighted by molar-refractivity contribution is -0.137. The summed E-state index contributed by atoms with van der Waals surface area (Å²) in [4.78, 5) is 26.8. The lowest BCUT2D eigenvalue weighted by Crippen LogP contribution is -2.47. The van der Waals surface area contributed by atoms with Crippen LogP contribution in [0.2, 0.25) is 0 Å². The Morgan fingerprint density at radius 2 is 1.58 bits per heavy atom. The summed E-state index contributed by atoms with van der Waals surface area (Å²) in [5.41, 5.74) is -0.0814. The first-order valence-corrected chi connectivity index (χ1v) is 10.6. The van der Waals surface area contributed by atoms with Crippen molar-refractivity contribution in [1.29, 1.82) is 0 Å². The monoisotopic (exact) mass is 454 g/mol. The van der Waals surface area contributed by atoms with Gasteiger partial charge in [-0.1, -0.05) is 0 Å². The number of hydrogen-bond donors (Lipinski definition) is 3. The van der Waals surface area contributed by atoms with Crippen molar-refractivity contribution in [2.45, 2.75) is 30.0 Å². The normalized spacial score (nSPS) is 15.9. The Kier molecular flexibility index (Phi) is 6.96. The molecule has 1 saturated heterocycles.